The Morgan fingerprint density at radius 1 is 1.14 bits per heavy atom. The highest BCUT2D eigenvalue weighted by Crippen LogP contribution is 2.35. The van der Waals surface area contributed by atoms with Crippen LogP contribution >= 0.6 is 11.6 Å². The Kier molecular flexibility index (Phi) is 5.56. The van der Waals surface area contributed by atoms with Gasteiger partial charge in [0.2, 0.25) is 11.8 Å². The van der Waals surface area contributed by atoms with Crippen LogP contribution in [0.15, 0.2) is 48.5 Å². The van der Waals surface area contributed by atoms with Crippen molar-refractivity contribution in [3.05, 3.63) is 64.9 Å². The van der Waals surface area contributed by atoms with Gasteiger partial charge in [-0.15, -0.1) is 0 Å². The molecule has 2 aromatic rings. The summed E-state index contributed by atoms with van der Waals surface area (Å²) in [6.45, 7) is 1.30. The average molecular weight is 417 g/mol. The van der Waals surface area contributed by atoms with Crippen molar-refractivity contribution in [2.45, 2.75) is 24.8 Å². The molecule has 0 radical (unpaired) electrons. The zero-order chi connectivity index (χ0) is 20.4. The number of halogens is 2. The van der Waals surface area contributed by atoms with Crippen molar-refractivity contribution in [2.24, 2.45) is 5.92 Å². The second-order valence-corrected chi connectivity index (χ2v) is 7.95. The molecule has 2 aliphatic heterocycles. The van der Waals surface area contributed by atoms with E-state index in [0.29, 0.717) is 36.8 Å². The highest BCUT2D eigenvalue weighted by Gasteiger charge is 2.41. The van der Waals surface area contributed by atoms with Gasteiger partial charge in [0.1, 0.15) is 5.82 Å². The van der Waals surface area contributed by atoms with E-state index in [-0.39, 0.29) is 30.6 Å². The van der Waals surface area contributed by atoms with Gasteiger partial charge in [-0.05, 0) is 42.7 Å². The molecule has 2 heterocycles. The highest BCUT2D eigenvalue weighted by atomic mass is 35.5. The molecular weight excluding hydrogens is 395 g/mol. The molecule has 1 unspecified atom stereocenters. The number of rotatable bonds is 4. The molecule has 2 amide bonds. The number of benzene rings is 2. The van der Waals surface area contributed by atoms with Gasteiger partial charge in [0.25, 0.3) is 0 Å². The van der Waals surface area contributed by atoms with Crippen LogP contribution in [-0.4, -0.2) is 31.6 Å². The molecule has 0 saturated carbocycles. The number of para-hydroxylation sites is 1. The van der Waals surface area contributed by atoms with E-state index in [1.807, 2.05) is 6.07 Å². The number of ether oxygens (including phenoxy) is 1. The van der Waals surface area contributed by atoms with Gasteiger partial charge >= 0.3 is 0 Å². The number of amides is 2. The van der Waals surface area contributed by atoms with Crippen molar-refractivity contribution in [2.75, 3.05) is 24.7 Å². The van der Waals surface area contributed by atoms with E-state index < -0.39 is 11.5 Å². The van der Waals surface area contributed by atoms with Crippen molar-refractivity contribution in [3.8, 4) is 0 Å². The number of anilines is 1. The first-order valence-corrected chi connectivity index (χ1v) is 10.1. The number of hydrogen-bond donors (Lipinski definition) is 1. The van der Waals surface area contributed by atoms with E-state index >= 15 is 0 Å². The summed E-state index contributed by atoms with van der Waals surface area (Å²) in [5, 5.41) is 3.64. The number of nitrogens with one attached hydrogen (secondary N) is 1. The maximum Gasteiger partial charge on any atom is 0.227 e. The highest BCUT2D eigenvalue weighted by molar-refractivity contribution is 6.33. The van der Waals surface area contributed by atoms with E-state index in [1.54, 1.807) is 35.2 Å². The third kappa shape index (κ3) is 4.00. The van der Waals surface area contributed by atoms with Gasteiger partial charge in [-0.2, -0.15) is 0 Å². The van der Waals surface area contributed by atoms with Gasteiger partial charge in [-0.25, -0.2) is 4.39 Å². The summed E-state index contributed by atoms with van der Waals surface area (Å²) in [5.41, 5.74) is 0.848. The Balaban J connectivity index is 1.53. The Morgan fingerprint density at radius 2 is 1.83 bits per heavy atom. The zero-order valence-corrected chi connectivity index (χ0v) is 16.6. The van der Waals surface area contributed by atoms with E-state index in [4.69, 9.17) is 16.3 Å². The Morgan fingerprint density at radius 3 is 2.52 bits per heavy atom. The van der Waals surface area contributed by atoms with E-state index in [1.165, 1.54) is 12.1 Å². The fraction of sp³-hybridized carbons (Fsp3) is 0.364. The zero-order valence-electron chi connectivity index (χ0n) is 15.9. The molecule has 0 aromatic heterocycles. The summed E-state index contributed by atoms with van der Waals surface area (Å²) in [5.74, 6) is -1.10. The number of carbonyl (C=O) groups excluding carboxylic acids is 2. The van der Waals surface area contributed by atoms with Crippen LogP contribution in [0.4, 0.5) is 10.1 Å². The summed E-state index contributed by atoms with van der Waals surface area (Å²) in [4.78, 5) is 27.2. The van der Waals surface area contributed by atoms with Crippen LogP contribution < -0.4 is 10.2 Å². The van der Waals surface area contributed by atoms with Crippen molar-refractivity contribution in [1.82, 2.24) is 5.32 Å². The predicted molar refractivity (Wildman–Crippen MR) is 108 cm³/mol. The molecule has 5 nitrogen and oxygen atoms in total. The van der Waals surface area contributed by atoms with Gasteiger partial charge < -0.3 is 15.0 Å². The third-order valence-electron chi connectivity index (χ3n) is 5.74. The fourth-order valence-corrected chi connectivity index (χ4v) is 4.34. The van der Waals surface area contributed by atoms with E-state index in [0.717, 1.165) is 5.56 Å². The largest absolute Gasteiger partial charge is 0.381 e. The lowest BCUT2D eigenvalue weighted by molar-refractivity contribution is -0.129. The van der Waals surface area contributed by atoms with Crippen molar-refractivity contribution >= 4 is 29.1 Å². The Labute approximate surface area is 173 Å². The maximum absolute atomic E-state index is 13.4. The molecule has 0 aliphatic carbocycles. The lowest BCUT2D eigenvalue weighted by atomic mass is 9.82. The molecule has 2 saturated heterocycles. The molecule has 4 rings (SSSR count). The van der Waals surface area contributed by atoms with Crippen LogP contribution in [-0.2, 0) is 19.9 Å². The standard InChI is InChI=1S/C22H22ClFN2O3/c23-18-3-1-2-4-19(18)26-14-15(13-20(26)27)21(28)25-22(9-11-29-12-10-22)16-5-7-17(24)8-6-16/h1-8,15H,9-14H2,(H,25,28). The lowest BCUT2D eigenvalue weighted by Crippen LogP contribution is -2.51. The summed E-state index contributed by atoms with van der Waals surface area (Å²) < 4.78 is 18.9. The SMILES string of the molecule is O=C(NC1(c2ccc(F)cc2)CCOCC1)C1CC(=O)N(c2ccccc2Cl)C1. The molecule has 7 heteroatoms. The number of hydrogen-bond acceptors (Lipinski definition) is 3. The molecule has 152 valence electrons. The maximum atomic E-state index is 13.4. The molecule has 2 aromatic carbocycles. The molecule has 29 heavy (non-hydrogen) atoms. The monoisotopic (exact) mass is 416 g/mol. The minimum atomic E-state index is -0.621. The van der Waals surface area contributed by atoms with Crippen molar-refractivity contribution in [1.29, 1.82) is 0 Å². The summed E-state index contributed by atoms with van der Waals surface area (Å²) in [6, 6.07) is 13.3. The molecule has 1 atom stereocenters. The third-order valence-corrected chi connectivity index (χ3v) is 6.06. The van der Waals surface area contributed by atoms with Crippen LogP contribution in [0.2, 0.25) is 5.02 Å². The van der Waals surface area contributed by atoms with Gasteiger partial charge in [0, 0.05) is 26.2 Å². The van der Waals surface area contributed by atoms with E-state index in [2.05, 4.69) is 5.32 Å². The molecular formula is C22H22ClFN2O3. The number of carbonyl (C=O) groups is 2. The Hall–Kier alpha value is -2.44. The molecule has 0 spiro atoms. The first kappa shape index (κ1) is 19.9. The second-order valence-electron chi connectivity index (χ2n) is 7.55. The van der Waals surface area contributed by atoms with Gasteiger partial charge in [-0.3, -0.25) is 9.59 Å². The van der Waals surface area contributed by atoms with Crippen LogP contribution in [0.25, 0.3) is 0 Å². The van der Waals surface area contributed by atoms with Crippen LogP contribution in [0.1, 0.15) is 24.8 Å². The first-order chi connectivity index (χ1) is 14.0. The normalized spacial score (nSPS) is 21.2. The molecule has 1 N–H and O–H groups in total. The quantitative estimate of drug-likeness (QED) is 0.827. The van der Waals surface area contributed by atoms with Gasteiger partial charge in [0.15, 0.2) is 0 Å². The topological polar surface area (TPSA) is 58.6 Å². The van der Waals surface area contributed by atoms with Crippen molar-refractivity contribution < 1.29 is 18.7 Å². The minimum Gasteiger partial charge on any atom is -0.381 e. The minimum absolute atomic E-state index is 0.124. The smallest absolute Gasteiger partial charge is 0.227 e. The summed E-state index contributed by atoms with van der Waals surface area (Å²) >= 11 is 6.23. The second kappa shape index (κ2) is 8.13. The van der Waals surface area contributed by atoms with Gasteiger partial charge in [0.05, 0.1) is 22.2 Å². The molecule has 0 bridgehead atoms. The molecule has 2 aliphatic rings. The predicted octanol–water partition coefficient (Wildman–Crippen LogP) is 3.65. The lowest BCUT2D eigenvalue weighted by Gasteiger charge is -2.39. The van der Waals surface area contributed by atoms with Crippen LogP contribution in [0.3, 0.4) is 0 Å². The van der Waals surface area contributed by atoms with Crippen molar-refractivity contribution in [3.63, 3.8) is 0 Å². The number of nitrogens with zero attached hydrogens (tertiary/aromatic N) is 1. The summed E-state index contributed by atoms with van der Waals surface area (Å²) in [7, 11) is 0. The first-order valence-electron chi connectivity index (χ1n) is 9.69. The van der Waals surface area contributed by atoms with Gasteiger partial charge in [-0.1, -0.05) is 35.9 Å². The average Bonchev–Trinajstić information content (AvgIpc) is 3.11. The van der Waals surface area contributed by atoms with E-state index in [9.17, 15) is 14.0 Å². The summed E-state index contributed by atoms with van der Waals surface area (Å²) in [6.07, 6.45) is 1.32. The fourth-order valence-electron chi connectivity index (χ4n) is 4.10. The van der Waals surface area contributed by atoms with Crippen LogP contribution in [0.5, 0.6) is 0 Å². The Bertz CT molecular complexity index is 913. The molecule has 2 fully saturated rings. The van der Waals surface area contributed by atoms with Crippen LogP contribution in [0, 0.1) is 11.7 Å².